The molecular formula is C45H63NO6. The molecule has 1 aliphatic heterocycles. The molecule has 7 nitrogen and oxygen atoms in total. The summed E-state index contributed by atoms with van der Waals surface area (Å²) in [5, 5.41) is 24.1. The van der Waals surface area contributed by atoms with Gasteiger partial charge in [0, 0.05) is 23.1 Å². The lowest BCUT2D eigenvalue weighted by Crippen LogP contribution is -2.55. The van der Waals surface area contributed by atoms with E-state index in [-0.39, 0.29) is 36.5 Å². The molecule has 1 amide bonds. The third-order valence-corrected chi connectivity index (χ3v) is 13.3. The third kappa shape index (κ3) is 8.53. The maximum Gasteiger partial charge on any atom is 0.410 e. The first kappa shape index (κ1) is 38.7. The number of fused-ring (bicyclic) bond motifs is 8. The quantitative estimate of drug-likeness (QED) is 0.209. The van der Waals surface area contributed by atoms with Crippen LogP contribution in [0.4, 0.5) is 4.79 Å². The van der Waals surface area contributed by atoms with Crippen molar-refractivity contribution in [3.8, 4) is 0 Å². The summed E-state index contributed by atoms with van der Waals surface area (Å²) in [6, 6.07) is 15.5. The highest BCUT2D eigenvalue weighted by Gasteiger charge is 2.58. The van der Waals surface area contributed by atoms with Crippen LogP contribution in [0.1, 0.15) is 138 Å². The number of benzene rings is 2. The molecule has 7 heteroatoms. The zero-order chi connectivity index (χ0) is 37.0. The lowest BCUT2D eigenvalue weighted by molar-refractivity contribution is -0.0908. The summed E-state index contributed by atoms with van der Waals surface area (Å²) in [6.07, 6.45) is 10.6. The van der Waals surface area contributed by atoms with Crippen molar-refractivity contribution in [1.29, 1.82) is 0 Å². The van der Waals surface area contributed by atoms with E-state index in [1.54, 1.807) is 4.90 Å². The smallest absolute Gasteiger partial charge is 0.410 e. The van der Waals surface area contributed by atoms with Crippen molar-refractivity contribution in [3.05, 3.63) is 82.4 Å². The van der Waals surface area contributed by atoms with Gasteiger partial charge in [-0.3, -0.25) is 4.79 Å². The number of amides is 1. The number of aliphatic hydroxyl groups is 2. The fourth-order valence-corrected chi connectivity index (χ4v) is 9.95. The predicted molar refractivity (Wildman–Crippen MR) is 205 cm³/mol. The van der Waals surface area contributed by atoms with Gasteiger partial charge in [-0.2, -0.15) is 0 Å². The standard InChI is InChI=1S/C45H63NO6/c1-30(2)37-19-16-32(4)25-41(37)52-43(49)46(28-36-14-10-24-51-36)29-45(50)23-21-40-38-20-17-33(27-39(38)42(48)34-12-7-6-8-13-34)26-35(47)18-15-31(3)11-9-22-44(40,45)5/h6-8,11-13,17,20,27,30,32,35-37,40-41,47,50H,9-10,14-16,18-19,21-26,28-29H2,1-5H3. The zero-order valence-corrected chi connectivity index (χ0v) is 32.3. The Bertz CT molecular complexity index is 1560. The molecule has 3 fully saturated rings. The second kappa shape index (κ2) is 16.6. The number of ketones is 1. The highest BCUT2D eigenvalue weighted by Crippen LogP contribution is 2.59. The summed E-state index contributed by atoms with van der Waals surface area (Å²) in [5.74, 6) is 1.07. The number of carbonyl (C=O) groups excluding carboxylic acids is 2. The zero-order valence-electron chi connectivity index (χ0n) is 32.3. The van der Waals surface area contributed by atoms with Gasteiger partial charge >= 0.3 is 6.09 Å². The van der Waals surface area contributed by atoms with E-state index in [0.29, 0.717) is 74.1 Å². The van der Waals surface area contributed by atoms with Crippen LogP contribution in [0.15, 0.2) is 60.2 Å². The van der Waals surface area contributed by atoms with Crippen LogP contribution < -0.4 is 0 Å². The van der Waals surface area contributed by atoms with Crippen molar-refractivity contribution in [3.63, 3.8) is 0 Å². The summed E-state index contributed by atoms with van der Waals surface area (Å²) in [6.45, 7) is 12.2. The minimum Gasteiger partial charge on any atom is -0.446 e. The number of hydrogen-bond donors (Lipinski definition) is 2. The molecule has 2 aromatic carbocycles. The van der Waals surface area contributed by atoms with Gasteiger partial charge in [-0.1, -0.05) is 88.2 Å². The van der Waals surface area contributed by atoms with Gasteiger partial charge in [0.25, 0.3) is 0 Å². The first-order valence-corrected chi connectivity index (χ1v) is 20.2. The largest absolute Gasteiger partial charge is 0.446 e. The van der Waals surface area contributed by atoms with Gasteiger partial charge in [-0.25, -0.2) is 4.79 Å². The normalized spacial score (nSPS) is 32.6. The molecule has 284 valence electrons. The summed E-state index contributed by atoms with van der Waals surface area (Å²) in [4.78, 5) is 30.4. The van der Waals surface area contributed by atoms with Crippen molar-refractivity contribution in [2.45, 2.75) is 141 Å². The minimum atomic E-state index is -1.23. The molecule has 4 aliphatic carbocycles. The van der Waals surface area contributed by atoms with E-state index in [2.05, 4.69) is 52.8 Å². The topological polar surface area (TPSA) is 96.3 Å². The molecule has 2 aromatic rings. The Morgan fingerprint density at radius 2 is 1.83 bits per heavy atom. The molecule has 8 atom stereocenters. The van der Waals surface area contributed by atoms with Gasteiger partial charge in [0.2, 0.25) is 0 Å². The van der Waals surface area contributed by atoms with E-state index in [1.165, 1.54) is 5.57 Å². The third-order valence-electron chi connectivity index (χ3n) is 13.3. The van der Waals surface area contributed by atoms with Crippen molar-refractivity contribution >= 4 is 11.9 Å². The number of aliphatic hydroxyl groups excluding tert-OH is 1. The maximum absolute atomic E-state index is 14.4. The Hall–Kier alpha value is -3.00. The number of hydrogen-bond acceptors (Lipinski definition) is 6. The first-order valence-electron chi connectivity index (χ1n) is 20.2. The minimum absolute atomic E-state index is 0.0439. The van der Waals surface area contributed by atoms with Crippen molar-refractivity contribution in [1.82, 2.24) is 4.90 Å². The molecule has 1 saturated heterocycles. The van der Waals surface area contributed by atoms with Crippen LogP contribution in [0.5, 0.6) is 0 Å². The summed E-state index contributed by atoms with van der Waals surface area (Å²) in [5.41, 5.74) is 2.49. The van der Waals surface area contributed by atoms with Crippen LogP contribution in [-0.2, 0) is 15.9 Å². The fourth-order valence-electron chi connectivity index (χ4n) is 9.95. The van der Waals surface area contributed by atoms with Gasteiger partial charge in [0.05, 0.1) is 30.9 Å². The van der Waals surface area contributed by atoms with Gasteiger partial charge in [-0.15, -0.1) is 0 Å². The molecule has 2 N–H and O–H groups in total. The van der Waals surface area contributed by atoms with E-state index in [9.17, 15) is 19.8 Å². The van der Waals surface area contributed by atoms with E-state index in [0.717, 1.165) is 56.1 Å². The Balaban J connectivity index is 1.37. The van der Waals surface area contributed by atoms with Crippen molar-refractivity contribution in [2.24, 2.45) is 23.2 Å². The van der Waals surface area contributed by atoms with Gasteiger partial charge in [0.15, 0.2) is 5.78 Å². The lowest BCUT2D eigenvalue weighted by atomic mass is 9.64. The molecular weight excluding hydrogens is 650 g/mol. The Morgan fingerprint density at radius 1 is 1.04 bits per heavy atom. The number of carbonyl (C=O) groups is 2. The van der Waals surface area contributed by atoms with Crippen LogP contribution in [0, 0.1) is 23.2 Å². The number of nitrogens with zero attached hydrogens (tertiary/aromatic N) is 1. The molecule has 7 rings (SSSR count). The average molecular weight is 714 g/mol. The molecule has 0 radical (unpaired) electrons. The van der Waals surface area contributed by atoms with Crippen molar-refractivity contribution < 1.29 is 29.3 Å². The van der Waals surface area contributed by atoms with Crippen LogP contribution in [0.2, 0.25) is 0 Å². The van der Waals surface area contributed by atoms with Crippen LogP contribution in [0.25, 0.3) is 0 Å². The second-order valence-corrected chi connectivity index (χ2v) is 17.4. The monoisotopic (exact) mass is 713 g/mol. The van der Waals surface area contributed by atoms with E-state index in [1.807, 2.05) is 36.4 Å². The predicted octanol–water partition coefficient (Wildman–Crippen LogP) is 9.03. The van der Waals surface area contributed by atoms with E-state index >= 15 is 0 Å². The van der Waals surface area contributed by atoms with Crippen LogP contribution in [-0.4, -0.2) is 70.6 Å². The fraction of sp³-hybridized carbons (Fsp3) is 0.644. The molecule has 52 heavy (non-hydrogen) atoms. The van der Waals surface area contributed by atoms with Crippen LogP contribution in [0.3, 0.4) is 0 Å². The maximum atomic E-state index is 14.4. The van der Waals surface area contributed by atoms with Crippen molar-refractivity contribution in [2.75, 3.05) is 19.7 Å². The van der Waals surface area contributed by atoms with Crippen LogP contribution >= 0.6 is 0 Å². The number of allylic oxidation sites excluding steroid dienone is 2. The highest BCUT2D eigenvalue weighted by molar-refractivity contribution is 6.10. The Morgan fingerprint density at radius 3 is 2.56 bits per heavy atom. The number of rotatable bonds is 8. The van der Waals surface area contributed by atoms with E-state index in [4.69, 9.17) is 9.47 Å². The number of ether oxygens (including phenoxy) is 2. The van der Waals surface area contributed by atoms with E-state index < -0.39 is 17.1 Å². The Labute approximate surface area is 312 Å². The Kier molecular flexibility index (Phi) is 12.3. The van der Waals surface area contributed by atoms with Gasteiger partial charge in [-0.05, 0) is 118 Å². The van der Waals surface area contributed by atoms with Gasteiger partial charge in [0.1, 0.15) is 6.10 Å². The summed E-state index contributed by atoms with van der Waals surface area (Å²) >= 11 is 0. The molecule has 0 aromatic heterocycles. The molecule has 1 heterocycles. The molecule has 0 spiro atoms. The summed E-state index contributed by atoms with van der Waals surface area (Å²) < 4.78 is 12.5. The highest BCUT2D eigenvalue weighted by atomic mass is 16.6. The SMILES string of the molecule is CC1=CCCC2(C)C(CCC2(O)CN(CC2CCCO2)C(=O)OC2CC(C)CCC2C(C)C)c2ccc(cc2C(=O)c2ccccc2)CC(O)CC1. The lowest BCUT2D eigenvalue weighted by Gasteiger charge is -2.46. The molecule has 2 bridgehead atoms. The molecule has 5 aliphatic rings. The molecule has 8 unspecified atom stereocenters. The first-order chi connectivity index (χ1) is 24.9. The summed E-state index contributed by atoms with van der Waals surface area (Å²) in [7, 11) is 0. The molecule has 2 saturated carbocycles. The van der Waals surface area contributed by atoms with Gasteiger partial charge < -0.3 is 24.6 Å². The second-order valence-electron chi connectivity index (χ2n) is 17.4. The average Bonchev–Trinajstić information content (AvgIpc) is 3.72.